The van der Waals surface area contributed by atoms with E-state index in [1.54, 1.807) is 24.5 Å². The Morgan fingerprint density at radius 3 is 3.06 bits per heavy atom. The van der Waals surface area contributed by atoms with Gasteiger partial charge in [-0.1, -0.05) is 11.6 Å². The van der Waals surface area contributed by atoms with Crippen LogP contribution in [0.2, 0.25) is 0 Å². The molecule has 1 aliphatic heterocycles. The number of aromatic nitrogens is 1. The van der Waals surface area contributed by atoms with Crippen molar-refractivity contribution in [1.29, 1.82) is 0 Å². The van der Waals surface area contributed by atoms with E-state index in [2.05, 4.69) is 23.4 Å². The van der Waals surface area contributed by atoms with E-state index >= 15 is 0 Å². The molecule has 0 unspecified atom stereocenters. The standard InChI is InChI=1S/C12H15N3O/c1-10-4-7-15(8-5-10)14-12(16)11-3-2-6-13-9-11/h2-4,6,9H,5,7-8H2,1H3,(H,14,16). The van der Waals surface area contributed by atoms with Gasteiger partial charge in [0.15, 0.2) is 0 Å². The number of hydrogen-bond acceptors (Lipinski definition) is 3. The molecule has 84 valence electrons. The van der Waals surface area contributed by atoms with Gasteiger partial charge >= 0.3 is 0 Å². The number of nitrogens with one attached hydrogen (secondary N) is 1. The maximum Gasteiger partial charge on any atom is 0.267 e. The van der Waals surface area contributed by atoms with Gasteiger partial charge in [0.05, 0.1) is 5.56 Å². The van der Waals surface area contributed by atoms with E-state index in [4.69, 9.17) is 0 Å². The molecule has 16 heavy (non-hydrogen) atoms. The van der Waals surface area contributed by atoms with Gasteiger partial charge in [0, 0.05) is 25.5 Å². The average Bonchev–Trinajstić information content (AvgIpc) is 2.33. The highest BCUT2D eigenvalue weighted by atomic mass is 16.2. The smallest absolute Gasteiger partial charge is 0.267 e. The second-order valence-corrected chi connectivity index (χ2v) is 3.93. The lowest BCUT2D eigenvalue weighted by atomic mass is 10.1. The molecule has 1 aromatic heterocycles. The van der Waals surface area contributed by atoms with Crippen molar-refractivity contribution in [2.24, 2.45) is 0 Å². The van der Waals surface area contributed by atoms with Crippen molar-refractivity contribution in [1.82, 2.24) is 15.4 Å². The highest BCUT2D eigenvalue weighted by Crippen LogP contribution is 2.07. The van der Waals surface area contributed by atoms with Crippen molar-refractivity contribution in [2.75, 3.05) is 13.1 Å². The van der Waals surface area contributed by atoms with Crippen molar-refractivity contribution in [3.05, 3.63) is 41.7 Å². The van der Waals surface area contributed by atoms with Crippen LogP contribution in [0.1, 0.15) is 23.7 Å². The number of carbonyl (C=O) groups is 1. The van der Waals surface area contributed by atoms with Gasteiger partial charge in [-0.05, 0) is 25.5 Å². The number of amides is 1. The number of nitrogens with zero attached hydrogens (tertiary/aromatic N) is 2. The summed E-state index contributed by atoms with van der Waals surface area (Å²) in [6, 6.07) is 3.52. The topological polar surface area (TPSA) is 45.2 Å². The van der Waals surface area contributed by atoms with Crippen molar-refractivity contribution >= 4 is 5.91 Å². The fourth-order valence-electron chi connectivity index (χ4n) is 1.58. The Labute approximate surface area is 95.0 Å². The van der Waals surface area contributed by atoms with Gasteiger partial charge in [0.1, 0.15) is 0 Å². The average molecular weight is 217 g/mol. The molecule has 1 aliphatic rings. The fraction of sp³-hybridized carbons (Fsp3) is 0.333. The SMILES string of the molecule is CC1=CCN(NC(=O)c2cccnc2)CC1. The van der Waals surface area contributed by atoms with Crippen LogP contribution in [-0.2, 0) is 0 Å². The number of rotatable bonds is 2. The summed E-state index contributed by atoms with van der Waals surface area (Å²) in [6.07, 6.45) is 6.37. The van der Waals surface area contributed by atoms with E-state index in [-0.39, 0.29) is 5.91 Å². The zero-order chi connectivity index (χ0) is 11.4. The summed E-state index contributed by atoms with van der Waals surface area (Å²) in [6.45, 7) is 3.76. The molecule has 0 bridgehead atoms. The van der Waals surface area contributed by atoms with E-state index in [1.807, 2.05) is 5.01 Å². The summed E-state index contributed by atoms with van der Waals surface area (Å²) < 4.78 is 0. The Kier molecular flexibility index (Phi) is 3.31. The molecule has 2 heterocycles. The first-order valence-corrected chi connectivity index (χ1v) is 5.37. The molecule has 0 aliphatic carbocycles. The first kappa shape index (κ1) is 10.8. The number of hydrazine groups is 1. The molecule has 4 nitrogen and oxygen atoms in total. The van der Waals surface area contributed by atoms with Crippen molar-refractivity contribution < 1.29 is 4.79 Å². The van der Waals surface area contributed by atoms with Gasteiger partial charge < -0.3 is 0 Å². The Hall–Kier alpha value is -1.68. The summed E-state index contributed by atoms with van der Waals surface area (Å²) in [5.74, 6) is -0.0962. The zero-order valence-corrected chi connectivity index (χ0v) is 9.31. The molecule has 0 radical (unpaired) electrons. The molecule has 1 amide bonds. The number of hydrogen-bond donors (Lipinski definition) is 1. The van der Waals surface area contributed by atoms with Crippen molar-refractivity contribution in [3.63, 3.8) is 0 Å². The van der Waals surface area contributed by atoms with Crippen LogP contribution in [0.5, 0.6) is 0 Å². The third-order valence-electron chi connectivity index (χ3n) is 2.62. The van der Waals surface area contributed by atoms with E-state index in [0.29, 0.717) is 5.56 Å². The fourth-order valence-corrected chi connectivity index (χ4v) is 1.58. The third-order valence-corrected chi connectivity index (χ3v) is 2.62. The van der Waals surface area contributed by atoms with Gasteiger partial charge in [-0.25, -0.2) is 5.01 Å². The lowest BCUT2D eigenvalue weighted by Gasteiger charge is -2.25. The van der Waals surface area contributed by atoms with Crippen molar-refractivity contribution in [2.45, 2.75) is 13.3 Å². The molecule has 2 rings (SSSR count). The molecule has 0 atom stereocenters. The second kappa shape index (κ2) is 4.90. The van der Waals surface area contributed by atoms with E-state index in [1.165, 1.54) is 5.57 Å². The summed E-state index contributed by atoms with van der Waals surface area (Å²) in [4.78, 5) is 15.7. The summed E-state index contributed by atoms with van der Waals surface area (Å²) in [5.41, 5.74) is 4.84. The summed E-state index contributed by atoms with van der Waals surface area (Å²) >= 11 is 0. The quantitative estimate of drug-likeness (QED) is 0.761. The minimum Gasteiger partial charge on any atom is -0.284 e. The number of carbonyl (C=O) groups excluding carboxylic acids is 1. The minimum atomic E-state index is -0.0962. The molecule has 4 heteroatoms. The molecule has 0 saturated heterocycles. The van der Waals surface area contributed by atoms with Crippen LogP contribution in [0.3, 0.4) is 0 Å². The maximum absolute atomic E-state index is 11.8. The first-order chi connectivity index (χ1) is 7.75. The van der Waals surface area contributed by atoms with Crippen LogP contribution in [0, 0.1) is 0 Å². The van der Waals surface area contributed by atoms with Crippen LogP contribution in [0.25, 0.3) is 0 Å². The highest BCUT2D eigenvalue weighted by molar-refractivity contribution is 5.93. The van der Waals surface area contributed by atoms with Gasteiger partial charge in [-0.3, -0.25) is 15.2 Å². The first-order valence-electron chi connectivity index (χ1n) is 5.37. The molecular formula is C12H15N3O. The predicted octanol–water partition coefficient (Wildman–Crippen LogP) is 1.38. The number of pyridine rings is 1. The van der Waals surface area contributed by atoms with Gasteiger partial charge in [0.25, 0.3) is 5.91 Å². The molecule has 1 aromatic rings. The van der Waals surface area contributed by atoms with E-state index in [9.17, 15) is 4.79 Å². The minimum absolute atomic E-state index is 0.0962. The Morgan fingerprint density at radius 2 is 2.44 bits per heavy atom. The predicted molar refractivity (Wildman–Crippen MR) is 61.7 cm³/mol. The summed E-state index contributed by atoms with van der Waals surface area (Å²) in [5, 5.41) is 1.92. The molecule has 0 fully saturated rings. The Morgan fingerprint density at radius 1 is 1.56 bits per heavy atom. The van der Waals surface area contributed by atoms with Gasteiger partial charge in [-0.15, -0.1) is 0 Å². The third kappa shape index (κ3) is 2.67. The van der Waals surface area contributed by atoms with Crippen LogP contribution in [0.4, 0.5) is 0 Å². The lowest BCUT2D eigenvalue weighted by Crippen LogP contribution is -2.44. The molecule has 0 aromatic carbocycles. The van der Waals surface area contributed by atoms with Gasteiger partial charge in [-0.2, -0.15) is 0 Å². The lowest BCUT2D eigenvalue weighted by molar-refractivity contribution is 0.0801. The van der Waals surface area contributed by atoms with Gasteiger partial charge in [0.2, 0.25) is 0 Å². The second-order valence-electron chi connectivity index (χ2n) is 3.93. The highest BCUT2D eigenvalue weighted by Gasteiger charge is 2.12. The molecule has 0 saturated carbocycles. The molecule has 0 spiro atoms. The van der Waals surface area contributed by atoms with Crippen LogP contribution >= 0.6 is 0 Å². The van der Waals surface area contributed by atoms with Crippen molar-refractivity contribution in [3.8, 4) is 0 Å². The maximum atomic E-state index is 11.8. The largest absolute Gasteiger partial charge is 0.284 e. The monoisotopic (exact) mass is 217 g/mol. The Balaban J connectivity index is 1.94. The summed E-state index contributed by atoms with van der Waals surface area (Å²) in [7, 11) is 0. The molecular weight excluding hydrogens is 202 g/mol. The Bertz CT molecular complexity index is 400. The van der Waals surface area contributed by atoms with Crippen LogP contribution in [0.15, 0.2) is 36.2 Å². The molecule has 1 N–H and O–H groups in total. The van der Waals surface area contributed by atoms with E-state index in [0.717, 1.165) is 19.5 Å². The normalized spacial score (nSPS) is 16.7. The zero-order valence-electron chi connectivity index (χ0n) is 9.31. The van der Waals surface area contributed by atoms with Crippen LogP contribution in [-0.4, -0.2) is 29.0 Å². The van der Waals surface area contributed by atoms with Crippen LogP contribution < -0.4 is 5.43 Å². The van der Waals surface area contributed by atoms with E-state index < -0.39 is 0 Å².